The average molecular weight is 260 g/mol. The summed E-state index contributed by atoms with van der Waals surface area (Å²) in [5.74, 6) is -0.0492. The SMILES string of the molecule is C=CCN(CCO)C(=O)C1CCNc2ccccc21. The van der Waals surface area contributed by atoms with Gasteiger partial charge < -0.3 is 15.3 Å². The number of anilines is 1. The predicted molar refractivity (Wildman–Crippen MR) is 76.2 cm³/mol. The molecule has 4 nitrogen and oxygen atoms in total. The van der Waals surface area contributed by atoms with Crippen molar-refractivity contribution >= 4 is 11.6 Å². The van der Waals surface area contributed by atoms with E-state index in [0.29, 0.717) is 13.1 Å². The fourth-order valence-electron chi connectivity index (χ4n) is 2.51. The normalized spacial score (nSPS) is 17.2. The number of para-hydroxylation sites is 1. The molecule has 0 fully saturated rings. The van der Waals surface area contributed by atoms with Crippen LogP contribution in [0.1, 0.15) is 17.9 Å². The number of aliphatic hydroxyl groups is 1. The smallest absolute Gasteiger partial charge is 0.230 e. The molecule has 1 aromatic rings. The van der Waals surface area contributed by atoms with Crippen LogP contribution in [0.3, 0.4) is 0 Å². The number of carbonyl (C=O) groups is 1. The standard InChI is InChI=1S/C15H20N2O2/c1-2-9-17(10-11-18)15(19)13-7-8-16-14-6-4-3-5-12(13)14/h2-6,13,16,18H,1,7-11H2. The average Bonchev–Trinajstić information content (AvgIpc) is 2.46. The highest BCUT2D eigenvalue weighted by molar-refractivity contribution is 5.86. The number of nitrogens with zero attached hydrogens (tertiary/aromatic N) is 1. The third-order valence-electron chi connectivity index (χ3n) is 3.41. The van der Waals surface area contributed by atoms with Crippen LogP contribution in [0.2, 0.25) is 0 Å². The van der Waals surface area contributed by atoms with Crippen LogP contribution in [0.5, 0.6) is 0 Å². The molecule has 1 amide bonds. The lowest BCUT2D eigenvalue weighted by Crippen LogP contribution is -2.39. The Hall–Kier alpha value is -1.81. The van der Waals surface area contributed by atoms with Crippen LogP contribution in [0.4, 0.5) is 5.69 Å². The molecule has 2 rings (SSSR count). The number of carbonyl (C=O) groups excluding carboxylic acids is 1. The maximum absolute atomic E-state index is 12.6. The van der Waals surface area contributed by atoms with Gasteiger partial charge in [-0.2, -0.15) is 0 Å². The zero-order valence-corrected chi connectivity index (χ0v) is 11.0. The summed E-state index contributed by atoms with van der Waals surface area (Å²) >= 11 is 0. The van der Waals surface area contributed by atoms with Crippen LogP contribution in [-0.4, -0.2) is 42.2 Å². The lowest BCUT2D eigenvalue weighted by Gasteiger charge is -2.30. The Kier molecular flexibility index (Phi) is 4.58. The third-order valence-corrected chi connectivity index (χ3v) is 3.41. The zero-order chi connectivity index (χ0) is 13.7. The van der Waals surface area contributed by atoms with E-state index in [1.807, 2.05) is 24.3 Å². The Morgan fingerprint density at radius 1 is 1.53 bits per heavy atom. The van der Waals surface area contributed by atoms with E-state index in [-0.39, 0.29) is 18.4 Å². The van der Waals surface area contributed by atoms with E-state index in [1.54, 1.807) is 11.0 Å². The zero-order valence-electron chi connectivity index (χ0n) is 11.0. The summed E-state index contributed by atoms with van der Waals surface area (Å²) in [6.07, 6.45) is 2.48. The second-order valence-corrected chi connectivity index (χ2v) is 4.65. The molecule has 4 heteroatoms. The summed E-state index contributed by atoms with van der Waals surface area (Å²) in [7, 11) is 0. The maximum Gasteiger partial charge on any atom is 0.230 e. The number of hydrogen-bond acceptors (Lipinski definition) is 3. The van der Waals surface area contributed by atoms with E-state index in [9.17, 15) is 4.79 Å². The van der Waals surface area contributed by atoms with Gasteiger partial charge in [-0.05, 0) is 18.1 Å². The maximum atomic E-state index is 12.6. The summed E-state index contributed by atoms with van der Waals surface area (Å²) in [6, 6.07) is 7.91. The van der Waals surface area contributed by atoms with Crippen molar-refractivity contribution in [2.45, 2.75) is 12.3 Å². The van der Waals surface area contributed by atoms with Crippen molar-refractivity contribution in [3.63, 3.8) is 0 Å². The van der Waals surface area contributed by atoms with Gasteiger partial charge in [-0.3, -0.25) is 4.79 Å². The Bertz CT molecular complexity index is 459. The van der Waals surface area contributed by atoms with Gasteiger partial charge in [0.25, 0.3) is 0 Å². The van der Waals surface area contributed by atoms with E-state index in [4.69, 9.17) is 5.11 Å². The fraction of sp³-hybridized carbons (Fsp3) is 0.400. The van der Waals surface area contributed by atoms with Crippen molar-refractivity contribution in [3.05, 3.63) is 42.5 Å². The molecule has 1 atom stereocenters. The predicted octanol–water partition coefficient (Wildman–Crippen LogP) is 1.59. The molecule has 0 saturated carbocycles. The Morgan fingerprint density at radius 3 is 3.05 bits per heavy atom. The first-order valence-corrected chi connectivity index (χ1v) is 6.61. The van der Waals surface area contributed by atoms with Gasteiger partial charge in [0.2, 0.25) is 5.91 Å². The quantitative estimate of drug-likeness (QED) is 0.791. The summed E-state index contributed by atoms with van der Waals surface area (Å²) in [4.78, 5) is 14.2. The summed E-state index contributed by atoms with van der Waals surface area (Å²) in [6.45, 7) is 5.28. The second-order valence-electron chi connectivity index (χ2n) is 4.65. The molecule has 0 aromatic heterocycles. The highest BCUT2D eigenvalue weighted by atomic mass is 16.3. The first-order chi connectivity index (χ1) is 9.27. The highest BCUT2D eigenvalue weighted by Gasteiger charge is 2.29. The molecule has 0 aliphatic carbocycles. The number of fused-ring (bicyclic) bond motifs is 1. The summed E-state index contributed by atoms with van der Waals surface area (Å²) in [5, 5.41) is 12.4. The van der Waals surface area contributed by atoms with Gasteiger partial charge in [0.15, 0.2) is 0 Å². The minimum Gasteiger partial charge on any atom is -0.395 e. The molecule has 1 heterocycles. The molecule has 1 aromatic carbocycles. The van der Waals surface area contributed by atoms with Gasteiger partial charge >= 0.3 is 0 Å². The first kappa shape index (κ1) is 13.6. The molecule has 2 N–H and O–H groups in total. The molecule has 1 unspecified atom stereocenters. The van der Waals surface area contributed by atoms with Crippen molar-refractivity contribution < 1.29 is 9.90 Å². The van der Waals surface area contributed by atoms with E-state index >= 15 is 0 Å². The molecule has 0 bridgehead atoms. The monoisotopic (exact) mass is 260 g/mol. The number of rotatable bonds is 5. The van der Waals surface area contributed by atoms with Crippen molar-refractivity contribution in [2.75, 3.05) is 31.6 Å². The number of amides is 1. The number of hydrogen-bond donors (Lipinski definition) is 2. The molecular formula is C15H20N2O2. The summed E-state index contributed by atoms with van der Waals surface area (Å²) in [5.41, 5.74) is 2.08. The van der Waals surface area contributed by atoms with Crippen LogP contribution in [0.15, 0.2) is 36.9 Å². The van der Waals surface area contributed by atoms with Crippen molar-refractivity contribution in [2.24, 2.45) is 0 Å². The van der Waals surface area contributed by atoms with E-state index < -0.39 is 0 Å². The Morgan fingerprint density at radius 2 is 2.32 bits per heavy atom. The van der Waals surface area contributed by atoms with Crippen LogP contribution in [0.25, 0.3) is 0 Å². The lowest BCUT2D eigenvalue weighted by molar-refractivity contribution is -0.133. The highest BCUT2D eigenvalue weighted by Crippen LogP contribution is 2.32. The van der Waals surface area contributed by atoms with Crippen molar-refractivity contribution in [3.8, 4) is 0 Å². The molecule has 19 heavy (non-hydrogen) atoms. The molecule has 1 aliphatic heterocycles. The van der Waals surface area contributed by atoms with Crippen LogP contribution in [-0.2, 0) is 4.79 Å². The van der Waals surface area contributed by atoms with Gasteiger partial charge in [0, 0.05) is 25.3 Å². The number of aliphatic hydroxyl groups excluding tert-OH is 1. The van der Waals surface area contributed by atoms with Crippen LogP contribution < -0.4 is 5.32 Å². The fourth-order valence-corrected chi connectivity index (χ4v) is 2.51. The topological polar surface area (TPSA) is 52.6 Å². The van der Waals surface area contributed by atoms with Gasteiger partial charge in [0.05, 0.1) is 12.5 Å². The lowest BCUT2D eigenvalue weighted by atomic mass is 9.90. The van der Waals surface area contributed by atoms with Crippen molar-refractivity contribution in [1.82, 2.24) is 4.90 Å². The van der Waals surface area contributed by atoms with Gasteiger partial charge in [-0.1, -0.05) is 24.3 Å². The molecule has 0 saturated heterocycles. The summed E-state index contributed by atoms with van der Waals surface area (Å²) < 4.78 is 0. The van der Waals surface area contributed by atoms with E-state index in [0.717, 1.165) is 24.2 Å². The Labute approximate surface area is 113 Å². The molecule has 102 valence electrons. The number of nitrogens with one attached hydrogen (secondary N) is 1. The van der Waals surface area contributed by atoms with E-state index in [1.165, 1.54) is 0 Å². The van der Waals surface area contributed by atoms with Crippen LogP contribution in [0, 0.1) is 0 Å². The minimum atomic E-state index is -0.121. The molecule has 1 aliphatic rings. The van der Waals surface area contributed by atoms with Crippen molar-refractivity contribution in [1.29, 1.82) is 0 Å². The van der Waals surface area contributed by atoms with Crippen LogP contribution >= 0.6 is 0 Å². The van der Waals surface area contributed by atoms with Gasteiger partial charge in [-0.25, -0.2) is 0 Å². The van der Waals surface area contributed by atoms with E-state index in [2.05, 4.69) is 11.9 Å². The second kappa shape index (κ2) is 6.38. The largest absolute Gasteiger partial charge is 0.395 e. The Balaban J connectivity index is 2.21. The molecule has 0 radical (unpaired) electrons. The van der Waals surface area contributed by atoms with Gasteiger partial charge in [-0.15, -0.1) is 6.58 Å². The number of benzene rings is 1. The minimum absolute atomic E-state index is 0.0216. The van der Waals surface area contributed by atoms with Gasteiger partial charge in [0.1, 0.15) is 0 Å². The molecular weight excluding hydrogens is 240 g/mol. The molecule has 0 spiro atoms. The first-order valence-electron chi connectivity index (χ1n) is 6.61. The third kappa shape index (κ3) is 2.96.